The van der Waals surface area contributed by atoms with E-state index in [1.54, 1.807) is 24.3 Å². The molecule has 21 heavy (non-hydrogen) atoms. The lowest BCUT2D eigenvalue weighted by Crippen LogP contribution is -2.22. The van der Waals surface area contributed by atoms with E-state index in [4.69, 9.17) is 16.3 Å². The lowest BCUT2D eigenvalue weighted by Gasteiger charge is -2.07. The Bertz CT molecular complexity index is 584. The van der Waals surface area contributed by atoms with Crippen molar-refractivity contribution >= 4 is 17.5 Å². The van der Waals surface area contributed by atoms with E-state index in [-0.39, 0.29) is 11.7 Å². The summed E-state index contributed by atoms with van der Waals surface area (Å²) in [5, 5.41) is 2.77. The summed E-state index contributed by atoms with van der Waals surface area (Å²) < 4.78 is 18.4. The molecule has 0 fully saturated rings. The summed E-state index contributed by atoms with van der Waals surface area (Å²) in [4.78, 5) is 11.3. The van der Waals surface area contributed by atoms with Crippen LogP contribution in [0.2, 0.25) is 0 Å². The maximum Gasteiger partial charge on any atom is 0.221 e. The van der Waals surface area contributed by atoms with Crippen molar-refractivity contribution in [3.63, 3.8) is 0 Å². The van der Waals surface area contributed by atoms with Crippen molar-refractivity contribution in [2.24, 2.45) is 0 Å². The molecule has 0 saturated heterocycles. The Morgan fingerprint density at radius 1 is 1.05 bits per heavy atom. The molecule has 2 rings (SSSR count). The molecule has 2 aromatic rings. The Balaban J connectivity index is 1.89. The molecule has 0 atom stereocenters. The van der Waals surface area contributed by atoms with Crippen LogP contribution in [0.4, 0.5) is 4.39 Å². The van der Waals surface area contributed by atoms with Crippen LogP contribution in [0.15, 0.2) is 48.5 Å². The second-order valence-corrected chi connectivity index (χ2v) is 4.79. The molecule has 5 heteroatoms. The molecular weight excluding hydrogens is 293 g/mol. The van der Waals surface area contributed by atoms with Gasteiger partial charge >= 0.3 is 0 Å². The van der Waals surface area contributed by atoms with E-state index in [0.29, 0.717) is 30.3 Å². The average Bonchev–Trinajstić information content (AvgIpc) is 2.49. The van der Waals surface area contributed by atoms with Crippen molar-refractivity contribution in [2.45, 2.75) is 13.0 Å². The zero-order chi connectivity index (χ0) is 15.1. The maximum atomic E-state index is 12.8. The Morgan fingerprint density at radius 2 is 1.62 bits per heavy atom. The predicted molar refractivity (Wildman–Crippen MR) is 80.1 cm³/mol. The van der Waals surface area contributed by atoms with E-state index in [1.807, 2.05) is 12.1 Å². The van der Waals surface area contributed by atoms with Crippen LogP contribution in [0.1, 0.15) is 12.0 Å². The molecule has 110 valence electrons. The number of halogens is 2. The molecule has 0 bridgehead atoms. The highest BCUT2D eigenvalue weighted by atomic mass is 35.5. The van der Waals surface area contributed by atoms with Crippen molar-refractivity contribution in [3.8, 4) is 11.5 Å². The van der Waals surface area contributed by atoms with Crippen LogP contribution < -0.4 is 10.1 Å². The second kappa shape index (κ2) is 7.64. The Hall–Kier alpha value is -2.07. The summed E-state index contributed by atoms with van der Waals surface area (Å²) in [6.45, 7) is 0.451. The summed E-state index contributed by atoms with van der Waals surface area (Å²) in [7, 11) is 0. The van der Waals surface area contributed by atoms with Gasteiger partial charge in [0.05, 0.1) is 0 Å². The molecule has 0 aliphatic heterocycles. The smallest absolute Gasteiger partial charge is 0.221 e. The molecule has 0 aromatic heterocycles. The van der Waals surface area contributed by atoms with Gasteiger partial charge in [0.2, 0.25) is 5.91 Å². The number of ether oxygens (including phenoxy) is 1. The summed E-state index contributed by atoms with van der Waals surface area (Å²) in [5.41, 5.74) is 0.962. The van der Waals surface area contributed by atoms with E-state index in [2.05, 4.69) is 5.32 Å². The molecule has 0 spiro atoms. The molecule has 0 aliphatic carbocycles. The first-order valence-corrected chi connectivity index (χ1v) is 7.06. The van der Waals surface area contributed by atoms with Gasteiger partial charge in [-0.2, -0.15) is 0 Å². The second-order valence-electron chi connectivity index (χ2n) is 4.42. The van der Waals surface area contributed by atoms with Gasteiger partial charge in [-0.05, 0) is 42.0 Å². The van der Waals surface area contributed by atoms with E-state index in [9.17, 15) is 9.18 Å². The summed E-state index contributed by atoms with van der Waals surface area (Å²) in [6, 6.07) is 13.1. The first-order chi connectivity index (χ1) is 10.2. The fourth-order valence-electron chi connectivity index (χ4n) is 1.69. The van der Waals surface area contributed by atoms with Crippen LogP contribution in [0.3, 0.4) is 0 Å². The number of nitrogens with one attached hydrogen (secondary N) is 1. The molecule has 0 unspecified atom stereocenters. The lowest BCUT2D eigenvalue weighted by atomic mass is 10.2. The largest absolute Gasteiger partial charge is 0.457 e. The monoisotopic (exact) mass is 307 g/mol. The van der Waals surface area contributed by atoms with Gasteiger partial charge in [-0.25, -0.2) is 4.39 Å². The molecule has 1 N–H and O–H groups in total. The molecule has 0 aliphatic rings. The van der Waals surface area contributed by atoms with Crippen molar-refractivity contribution in [1.82, 2.24) is 5.32 Å². The fraction of sp³-hybridized carbons (Fsp3) is 0.188. The van der Waals surface area contributed by atoms with Gasteiger partial charge in [-0.1, -0.05) is 12.1 Å². The van der Waals surface area contributed by atoms with Crippen molar-refractivity contribution in [1.29, 1.82) is 0 Å². The van der Waals surface area contributed by atoms with Gasteiger partial charge in [-0.3, -0.25) is 4.79 Å². The first kappa shape index (κ1) is 15.3. The predicted octanol–water partition coefficient (Wildman–Crippen LogP) is 3.86. The number of benzene rings is 2. The molecule has 0 radical (unpaired) electrons. The van der Waals surface area contributed by atoms with E-state index < -0.39 is 0 Å². The fourth-order valence-corrected chi connectivity index (χ4v) is 1.86. The topological polar surface area (TPSA) is 38.3 Å². The SMILES string of the molecule is O=C(CCCl)NCc1ccc(Oc2ccc(F)cc2)cc1. The third kappa shape index (κ3) is 5.08. The number of rotatable bonds is 6. The Kier molecular flexibility index (Phi) is 5.58. The highest BCUT2D eigenvalue weighted by molar-refractivity contribution is 6.18. The van der Waals surface area contributed by atoms with Crippen LogP contribution in [0, 0.1) is 5.82 Å². The standard InChI is InChI=1S/C16H15ClFNO2/c17-10-9-16(20)19-11-12-1-5-14(6-2-12)21-15-7-3-13(18)4-8-15/h1-8H,9-11H2,(H,19,20). The summed E-state index contributed by atoms with van der Waals surface area (Å²) in [5.74, 6) is 1.16. The Morgan fingerprint density at radius 3 is 2.19 bits per heavy atom. The zero-order valence-electron chi connectivity index (χ0n) is 11.3. The third-order valence-corrected chi connectivity index (χ3v) is 2.97. The van der Waals surface area contributed by atoms with Crippen molar-refractivity contribution in [3.05, 3.63) is 59.9 Å². The number of carbonyl (C=O) groups is 1. The quantitative estimate of drug-likeness (QED) is 0.823. The zero-order valence-corrected chi connectivity index (χ0v) is 12.1. The number of hydrogen-bond acceptors (Lipinski definition) is 2. The average molecular weight is 308 g/mol. The first-order valence-electron chi connectivity index (χ1n) is 6.52. The van der Waals surface area contributed by atoms with Gasteiger partial charge in [0.1, 0.15) is 17.3 Å². The van der Waals surface area contributed by atoms with Gasteiger partial charge in [0.25, 0.3) is 0 Å². The Labute approximate surface area is 127 Å². The molecule has 0 saturated carbocycles. The number of alkyl halides is 1. The van der Waals surface area contributed by atoms with Gasteiger partial charge in [0.15, 0.2) is 0 Å². The summed E-state index contributed by atoms with van der Waals surface area (Å²) >= 11 is 5.48. The molecule has 1 amide bonds. The highest BCUT2D eigenvalue weighted by Gasteiger charge is 2.01. The van der Waals surface area contributed by atoms with E-state index in [1.165, 1.54) is 12.1 Å². The number of carbonyl (C=O) groups excluding carboxylic acids is 1. The van der Waals surface area contributed by atoms with Crippen LogP contribution in [-0.2, 0) is 11.3 Å². The number of hydrogen-bond donors (Lipinski definition) is 1. The minimum absolute atomic E-state index is 0.0726. The van der Waals surface area contributed by atoms with Gasteiger partial charge < -0.3 is 10.1 Å². The van der Waals surface area contributed by atoms with E-state index in [0.717, 1.165) is 5.56 Å². The van der Waals surface area contributed by atoms with Gasteiger partial charge in [-0.15, -0.1) is 11.6 Å². The minimum Gasteiger partial charge on any atom is -0.457 e. The summed E-state index contributed by atoms with van der Waals surface area (Å²) in [6.07, 6.45) is 0.313. The number of amides is 1. The van der Waals surface area contributed by atoms with Crippen molar-refractivity contribution in [2.75, 3.05) is 5.88 Å². The van der Waals surface area contributed by atoms with Crippen LogP contribution in [-0.4, -0.2) is 11.8 Å². The van der Waals surface area contributed by atoms with E-state index >= 15 is 0 Å². The normalized spacial score (nSPS) is 10.2. The molecule has 2 aromatic carbocycles. The van der Waals surface area contributed by atoms with Gasteiger partial charge in [0, 0.05) is 18.8 Å². The lowest BCUT2D eigenvalue weighted by molar-refractivity contribution is -0.120. The minimum atomic E-state index is -0.301. The molecular formula is C16H15ClFNO2. The highest BCUT2D eigenvalue weighted by Crippen LogP contribution is 2.21. The molecule has 0 heterocycles. The van der Waals surface area contributed by atoms with Crippen LogP contribution in [0.5, 0.6) is 11.5 Å². The van der Waals surface area contributed by atoms with Crippen LogP contribution >= 0.6 is 11.6 Å². The van der Waals surface area contributed by atoms with Crippen LogP contribution in [0.25, 0.3) is 0 Å². The van der Waals surface area contributed by atoms with Crippen molar-refractivity contribution < 1.29 is 13.9 Å². The third-order valence-electron chi connectivity index (χ3n) is 2.78. The molecule has 3 nitrogen and oxygen atoms in total. The maximum absolute atomic E-state index is 12.8.